The Labute approximate surface area is 168 Å². The van der Waals surface area contributed by atoms with Crippen LogP contribution in [0.2, 0.25) is 0 Å². The van der Waals surface area contributed by atoms with Crippen molar-refractivity contribution < 1.29 is 13.2 Å². The van der Waals surface area contributed by atoms with Crippen LogP contribution in [-0.2, 0) is 6.54 Å². The molecular formula is C20H13F2N7O. The summed E-state index contributed by atoms with van der Waals surface area (Å²) in [4.78, 5) is 5.73. The first kappa shape index (κ1) is 18.0. The van der Waals surface area contributed by atoms with Gasteiger partial charge < -0.3 is 4.42 Å². The van der Waals surface area contributed by atoms with Crippen molar-refractivity contribution in [3.63, 3.8) is 0 Å². The summed E-state index contributed by atoms with van der Waals surface area (Å²) in [5, 5.41) is 21.7. The van der Waals surface area contributed by atoms with Crippen molar-refractivity contribution >= 4 is 10.8 Å². The summed E-state index contributed by atoms with van der Waals surface area (Å²) in [7, 11) is 0. The van der Waals surface area contributed by atoms with Gasteiger partial charge in [0.1, 0.15) is 0 Å². The van der Waals surface area contributed by atoms with Gasteiger partial charge in [-0.05, 0) is 28.3 Å². The first-order chi connectivity index (χ1) is 14.7. The van der Waals surface area contributed by atoms with E-state index < -0.39 is 12.3 Å². The van der Waals surface area contributed by atoms with Gasteiger partial charge in [-0.3, -0.25) is 4.98 Å². The van der Waals surface area contributed by atoms with E-state index in [-0.39, 0.29) is 5.89 Å². The number of benzene rings is 2. The lowest BCUT2D eigenvalue weighted by Crippen LogP contribution is -2.04. The Hall–Kier alpha value is -4.08. The summed E-state index contributed by atoms with van der Waals surface area (Å²) in [5.41, 5.74) is 2.25. The summed E-state index contributed by atoms with van der Waals surface area (Å²) in [5.74, 6) is -0.167. The lowest BCUT2D eigenvalue weighted by molar-refractivity contribution is 0.116. The van der Waals surface area contributed by atoms with Crippen LogP contribution in [0.15, 0.2) is 65.3 Å². The molecule has 0 aliphatic rings. The fourth-order valence-corrected chi connectivity index (χ4v) is 3.07. The largest absolute Gasteiger partial charge is 0.415 e. The summed E-state index contributed by atoms with van der Waals surface area (Å²) >= 11 is 0. The van der Waals surface area contributed by atoms with Crippen LogP contribution in [0.25, 0.3) is 33.6 Å². The van der Waals surface area contributed by atoms with Crippen molar-refractivity contribution in [2.75, 3.05) is 0 Å². The molecule has 0 bridgehead atoms. The highest BCUT2D eigenvalue weighted by atomic mass is 19.3. The Balaban J connectivity index is 1.36. The third-order valence-electron chi connectivity index (χ3n) is 4.51. The second-order valence-electron chi connectivity index (χ2n) is 6.49. The highest BCUT2D eigenvalue weighted by molar-refractivity contribution is 5.93. The molecule has 10 heteroatoms. The topological polar surface area (TPSA) is 95.4 Å². The van der Waals surface area contributed by atoms with E-state index in [9.17, 15) is 8.78 Å². The first-order valence-corrected chi connectivity index (χ1v) is 8.99. The van der Waals surface area contributed by atoms with Crippen LogP contribution in [-0.4, -0.2) is 35.4 Å². The molecule has 0 amide bonds. The molecule has 0 aliphatic heterocycles. The monoisotopic (exact) mass is 405 g/mol. The molecule has 0 atom stereocenters. The number of pyridine rings is 1. The Bertz CT molecular complexity index is 1310. The van der Waals surface area contributed by atoms with Crippen molar-refractivity contribution in [2.45, 2.75) is 13.0 Å². The van der Waals surface area contributed by atoms with Gasteiger partial charge in [-0.1, -0.05) is 36.4 Å². The summed E-state index contributed by atoms with van der Waals surface area (Å²) < 4.78 is 30.1. The third-order valence-corrected chi connectivity index (χ3v) is 4.51. The van der Waals surface area contributed by atoms with E-state index in [2.05, 4.69) is 30.6 Å². The third kappa shape index (κ3) is 3.39. The molecule has 0 fully saturated rings. The molecule has 30 heavy (non-hydrogen) atoms. The van der Waals surface area contributed by atoms with Crippen molar-refractivity contribution in [1.82, 2.24) is 35.4 Å². The Kier molecular flexibility index (Phi) is 4.43. The molecule has 2 aromatic carbocycles. The number of halogens is 2. The van der Waals surface area contributed by atoms with E-state index in [0.29, 0.717) is 17.9 Å². The minimum absolute atomic E-state index is 0.0430. The van der Waals surface area contributed by atoms with Gasteiger partial charge in [-0.2, -0.15) is 13.6 Å². The molecule has 3 heterocycles. The van der Waals surface area contributed by atoms with Crippen LogP contribution in [0.5, 0.6) is 0 Å². The summed E-state index contributed by atoms with van der Waals surface area (Å²) in [6, 6.07) is 14.9. The number of alkyl halides is 2. The van der Waals surface area contributed by atoms with E-state index in [4.69, 9.17) is 4.42 Å². The average molecular weight is 405 g/mol. The van der Waals surface area contributed by atoms with Crippen molar-refractivity contribution in [3.05, 3.63) is 72.4 Å². The molecule has 5 rings (SSSR count). The minimum Gasteiger partial charge on any atom is -0.415 e. The molecule has 0 saturated heterocycles. The second kappa shape index (κ2) is 7.39. The normalized spacial score (nSPS) is 11.4. The number of aromatic nitrogens is 7. The molecule has 0 saturated carbocycles. The summed E-state index contributed by atoms with van der Waals surface area (Å²) in [6.07, 6.45) is 0.713. The molecule has 0 spiro atoms. The molecule has 0 radical (unpaired) electrons. The molecular weight excluding hydrogens is 392 g/mol. The molecule has 3 aromatic heterocycles. The van der Waals surface area contributed by atoms with Crippen molar-refractivity contribution in [2.24, 2.45) is 0 Å². The van der Waals surface area contributed by atoms with Crippen molar-refractivity contribution in [3.8, 4) is 22.8 Å². The van der Waals surface area contributed by atoms with Gasteiger partial charge in [-0.25, -0.2) is 0 Å². The van der Waals surface area contributed by atoms with E-state index in [1.54, 1.807) is 24.5 Å². The Morgan fingerprint density at radius 2 is 1.77 bits per heavy atom. The highest BCUT2D eigenvalue weighted by Gasteiger charge is 2.17. The number of tetrazole rings is 1. The average Bonchev–Trinajstić information content (AvgIpc) is 3.44. The number of hydrogen-bond donors (Lipinski definition) is 0. The molecule has 0 N–H and O–H groups in total. The van der Waals surface area contributed by atoms with E-state index in [1.807, 2.05) is 36.4 Å². The van der Waals surface area contributed by atoms with Crippen LogP contribution >= 0.6 is 0 Å². The smallest absolute Gasteiger partial charge is 0.314 e. The lowest BCUT2D eigenvalue weighted by Gasteiger charge is -2.02. The zero-order valence-corrected chi connectivity index (χ0v) is 15.4. The predicted molar refractivity (Wildman–Crippen MR) is 102 cm³/mol. The maximum Gasteiger partial charge on any atom is 0.314 e. The Morgan fingerprint density at radius 3 is 2.57 bits per heavy atom. The predicted octanol–water partition coefficient (Wildman–Crippen LogP) is 3.92. The lowest BCUT2D eigenvalue weighted by atomic mass is 10.1. The zero-order chi connectivity index (χ0) is 20.5. The van der Waals surface area contributed by atoms with Gasteiger partial charge in [-0.15, -0.1) is 20.4 Å². The van der Waals surface area contributed by atoms with E-state index in [1.165, 1.54) is 4.80 Å². The molecule has 0 aliphatic carbocycles. The van der Waals surface area contributed by atoms with Gasteiger partial charge >= 0.3 is 6.43 Å². The maximum absolute atomic E-state index is 12.6. The van der Waals surface area contributed by atoms with Crippen LogP contribution in [0.4, 0.5) is 8.78 Å². The van der Waals surface area contributed by atoms with Gasteiger partial charge in [0.25, 0.3) is 5.89 Å². The van der Waals surface area contributed by atoms with Crippen LogP contribution in [0.1, 0.15) is 17.9 Å². The van der Waals surface area contributed by atoms with Gasteiger partial charge in [0.2, 0.25) is 11.7 Å². The summed E-state index contributed by atoms with van der Waals surface area (Å²) in [6.45, 7) is 0.387. The van der Waals surface area contributed by atoms with Gasteiger partial charge in [0, 0.05) is 28.9 Å². The molecule has 0 unspecified atom stereocenters. The number of hydrogen-bond acceptors (Lipinski definition) is 7. The van der Waals surface area contributed by atoms with Crippen LogP contribution in [0.3, 0.4) is 0 Å². The van der Waals surface area contributed by atoms with E-state index >= 15 is 0 Å². The van der Waals surface area contributed by atoms with Gasteiger partial charge in [0.05, 0.1) is 6.54 Å². The molecule has 5 aromatic rings. The maximum atomic E-state index is 12.6. The fourth-order valence-electron chi connectivity index (χ4n) is 3.07. The fraction of sp³-hybridized carbons (Fsp3) is 0.100. The number of nitrogens with zero attached hydrogens (tertiary/aromatic N) is 7. The first-order valence-electron chi connectivity index (χ1n) is 8.99. The standard InChI is InChI=1S/C20H13F2N7O/c21-17(22)20-26-25-19(30-20)13-7-5-12(6-8-13)11-29-27-18(24-28-29)16-10-23-9-14-3-1-2-4-15(14)16/h1-10,17H,11H2. The quantitative estimate of drug-likeness (QED) is 0.437. The van der Waals surface area contributed by atoms with E-state index in [0.717, 1.165) is 21.9 Å². The van der Waals surface area contributed by atoms with Crippen molar-refractivity contribution in [1.29, 1.82) is 0 Å². The van der Waals surface area contributed by atoms with Gasteiger partial charge in [0.15, 0.2) is 0 Å². The highest BCUT2D eigenvalue weighted by Crippen LogP contribution is 2.25. The van der Waals surface area contributed by atoms with Crippen LogP contribution < -0.4 is 0 Å². The number of rotatable bonds is 5. The number of fused-ring (bicyclic) bond motifs is 1. The minimum atomic E-state index is -2.80. The Morgan fingerprint density at radius 1 is 0.933 bits per heavy atom. The molecule has 8 nitrogen and oxygen atoms in total. The van der Waals surface area contributed by atoms with Crippen LogP contribution in [0, 0.1) is 0 Å². The zero-order valence-electron chi connectivity index (χ0n) is 15.4. The molecule has 148 valence electrons. The second-order valence-corrected chi connectivity index (χ2v) is 6.49. The SMILES string of the molecule is FC(F)c1nnc(-c2ccc(Cn3nnc(-c4cncc5ccccc45)n3)cc2)o1.